The number of allylic oxidation sites excluding steroid dienone is 1. The van der Waals surface area contributed by atoms with Gasteiger partial charge < -0.3 is 19.9 Å². The van der Waals surface area contributed by atoms with Crippen molar-refractivity contribution in [2.75, 3.05) is 6.61 Å². The SMILES string of the molecule is C/C(=C\c1cc(C)c(O)c(C)c1)CC[C@H]1OB(O)C[C@H]2C1=C(CO)C[C@H]1C(=O)N(C3CCCCC3)C(=O)[C@H]12. The minimum Gasteiger partial charge on any atom is -0.507 e. The fourth-order valence-electron chi connectivity index (χ4n) is 7.42. The number of carbonyl (C=O) groups is 2. The lowest BCUT2D eigenvalue weighted by molar-refractivity contribution is -0.143. The number of phenols is 1. The molecule has 3 N–H and O–H groups in total. The van der Waals surface area contributed by atoms with Crippen LogP contribution in [0.1, 0.15) is 75.0 Å². The number of phenolic OH excluding ortho intramolecular Hbond substituents is 1. The first-order chi connectivity index (χ1) is 18.2. The molecule has 38 heavy (non-hydrogen) atoms. The van der Waals surface area contributed by atoms with E-state index in [9.17, 15) is 24.8 Å². The Morgan fingerprint density at radius 2 is 1.79 bits per heavy atom. The second-order valence-electron chi connectivity index (χ2n) is 11.8. The van der Waals surface area contributed by atoms with Crippen LogP contribution in [0.2, 0.25) is 6.32 Å². The van der Waals surface area contributed by atoms with Crippen molar-refractivity contribution >= 4 is 25.0 Å². The molecule has 3 fully saturated rings. The highest BCUT2D eigenvalue weighted by atomic mass is 16.5. The maximum atomic E-state index is 13.7. The molecule has 1 aromatic rings. The lowest BCUT2D eigenvalue weighted by atomic mass is 9.58. The fourth-order valence-corrected chi connectivity index (χ4v) is 7.42. The van der Waals surface area contributed by atoms with Crippen LogP contribution in [-0.2, 0) is 14.2 Å². The zero-order valence-electron chi connectivity index (χ0n) is 22.8. The lowest BCUT2D eigenvalue weighted by Gasteiger charge is -2.43. The van der Waals surface area contributed by atoms with Crippen LogP contribution in [0.25, 0.3) is 6.08 Å². The number of hydrogen-bond acceptors (Lipinski definition) is 6. The van der Waals surface area contributed by atoms with Gasteiger partial charge in [-0.3, -0.25) is 14.5 Å². The topological polar surface area (TPSA) is 107 Å². The number of benzene rings is 1. The van der Waals surface area contributed by atoms with Crippen molar-refractivity contribution in [3.05, 3.63) is 45.5 Å². The summed E-state index contributed by atoms with van der Waals surface area (Å²) in [6, 6.07) is 3.89. The normalized spacial score (nSPS) is 28.7. The Bertz CT molecular complexity index is 1150. The Hall–Kier alpha value is -2.42. The monoisotopic (exact) mass is 521 g/mol. The van der Waals surface area contributed by atoms with Crippen LogP contribution < -0.4 is 0 Å². The van der Waals surface area contributed by atoms with Gasteiger partial charge in [0, 0.05) is 6.04 Å². The predicted molar refractivity (Wildman–Crippen MR) is 146 cm³/mol. The number of aryl methyl sites for hydroxylation is 2. The Balaban J connectivity index is 1.37. The second kappa shape index (κ2) is 11.0. The van der Waals surface area contributed by atoms with Gasteiger partial charge in [0.05, 0.1) is 24.5 Å². The summed E-state index contributed by atoms with van der Waals surface area (Å²) in [6.45, 7) is 5.65. The maximum absolute atomic E-state index is 13.7. The van der Waals surface area contributed by atoms with Gasteiger partial charge in [0.2, 0.25) is 11.8 Å². The zero-order chi connectivity index (χ0) is 27.1. The second-order valence-corrected chi connectivity index (χ2v) is 11.8. The van der Waals surface area contributed by atoms with Gasteiger partial charge in [0.1, 0.15) is 5.75 Å². The summed E-state index contributed by atoms with van der Waals surface area (Å²) in [6.07, 6.45) is 8.62. The van der Waals surface area contributed by atoms with Gasteiger partial charge in [-0.2, -0.15) is 0 Å². The van der Waals surface area contributed by atoms with Gasteiger partial charge >= 0.3 is 7.12 Å². The third-order valence-electron chi connectivity index (χ3n) is 9.20. The van der Waals surface area contributed by atoms with Crippen LogP contribution in [-0.4, -0.2) is 57.8 Å². The van der Waals surface area contributed by atoms with Crippen LogP contribution >= 0.6 is 0 Å². The Morgan fingerprint density at radius 3 is 2.45 bits per heavy atom. The van der Waals surface area contributed by atoms with E-state index in [1.54, 1.807) is 4.90 Å². The number of nitrogens with zero attached hydrogens (tertiary/aromatic N) is 1. The van der Waals surface area contributed by atoms with E-state index in [1.165, 1.54) is 0 Å². The number of aliphatic hydroxyl groups excluding tert-OH is 1. The molecule has 8 heteroatoms. The molecule has 1 saturated carbocycles. The van der Waals surface area contributed by atoms with Gasteiger partial charge in [0.25, 0.3) is 0 Å². The van der Waals surface area contributed by atoms with E-state index in [2.05, 4.69) is 6.08 Å². The lowest BCUT2D eigenvalue weighted by Crippen LogP contribution is -2.47. The first-order valence-electron chi connectivity index (χ1n) is 14.2. The number of hydrogen-bond donors (Lipinski definition) is 3. The number of aliphatic hydroxyl groups is 1. The molecule has 0 unspecified atom stereocenters. The van der Waals surface area contributed by atoms with E-state index in [4.69, 9.17) is 4.65 Å². The van der Waals surface area contributed by atoms with E-state index in [0.29, 0.717) is 25.0 Å². The first kappa shape index (κ1) is 27.2. The zero-order valence-corrected chi connectivity index (χ0v) is 22.8. The van der Waals surface area contributed by atoms with Crippen LogP contribution in [0.15, 0.2) is 28.9 Å². The average molecular weight is 521 g/mol. The molecule has 5 rings (SSSR count). The number of likely N-dealkylation sites (tertiary alicyclic amines) is 1. The van der Waals surface area contributed by atoms with Crippen molar-refractivity contribution in [3.8, 4) is 5.75 Å². The fraction of sp³-hybridized carbons (Fsp3) is 0.600. The molecule has 0 spiro atoms. The quantitative estimate of drug-likeness (QED) is 0.293. The standard InChI is InChI=1S/C30H40BNO6/c1-17(11-20-12-18(2)28(34)19(3)13-20)9-10-25-26-21(16-33)14-23-27(24(26)15-31(37)38-25)30(36)32(29(23)35)22-7-5-4-6-8-22/h11-13,22-25,27,33-34,37H,4-10,14-16H2,1-3H3/b17-11+/t23-,24+,25-,27-/m1/s1. The molecule has 204 valence electrons. The first-order valence-corrected chi connectivity index (χ1v) is 14.2. The van der Waals surface area contributed by atoms with Gasteiger partial charge in [0.15, 0.2) is 0 Å². The number of imide groups is 1. The van der Waals surface area contributed by atoms with Crippen molar-refractivity contribution in [3.63, 3.8) is 0 Å². The molecule has 2 amide bonds. The summed E-state index contributed by atoms with van der Waals surface area (Å²) in [4.78, 5) is 28.8. The number of amides is 2. The molecule has 0 aromatic heterocycles. The molecule has 2 saturated heterocycles. The predicted octanol–water partition coefficient (Wildman–Crippen LogP) is 4.31. The molecular weight excluding hydrogens is 481 g/mol. The minimum absolute atomic E-state index is 0.0177. The van der Waals surface area contributed by atoms with Gasteiger partial charge in [-0.1, -0.05) is 30.9 Å². The summed E-state index contributed by atoms with van der Waals surface area (Å²) in [7, 11) is -1.01. The largest absolute Gasteiger partial charge is 0.507 e. The Labute approximate surface area is 225 Å². The molecular formula is C30H40BNO6. The van der Waals surface area contributed by atoms with Gasteiger partial charge in [-0.15, -0.1) is 0 Å². The van der Waals surface area contributed by atoms with Crippen molar-refractivity contribution < 1.29 is 29.5 Å². The molecule has 0 bridgehead atoms. The van der Waals surface area contributed by atoms with Crippen LogP contribution in [0, 0.1) is 31.6 Å². The van der Waals surface area contributed by atoms with E-state index in [-0.39, 0.29) is 36.7 Å². The molecule has 4 aliphatic rings. The summed E-state index contributed by atoms with van der Waals surface area (Å²) in [5.41, 5.74) is 5.54. The molecule has 0 radical (unpaired) electrons. The van der Waals surface area contributed by atoms with Crippen LogP contribution in [0.4, 0.5) is 0 Å². The van der Waals surface area contributed by atoms with E-state index < -0.39 is 25.1 Å². The van der Waals surface area contributed by atoms with Crippen LogP contribution in [0.3, 0.4) is 0 Å². The van der Waals surface area contributed by atoms with E-state index in [0.717, 1.165) is 65.5 Å². The third-order valence-corrected chi connectivity index (χ3v) is 9.20. The van der Waals surface area contributed by atoms with E-state index in [1.807, 2.05) is 32.9 Å². The highest BCUT2D eigenvalue weighted by Crippen LogP contribution is 2.51. The number of aromatic hydroxyl groups is 1. The Morgan fingerprint density at radius 1 is 1.11 bits per heavy atom. The number of fused-ring (bicyclic) bond motifs is 3. The summed E-state index contributed by atoms with van der Waals surface area (Å²) < 4.78 is 6.01. The minimum atomic E-state index is -1.01. The molecule has 2 aliphatic carbocycles. The highest BCUT2D eigenvalue weighted by molar-refractivity contribution is 6.43. The van der Waals surface area contributed by atoms with Crippen molar-refractivity contribution in [1.29, 1.82) is 0 Å². The maximum Gasteiger partial charge on any atom is 0.455 e. The smallest absolute Gasteiger partial charge is 0.455 e. The highest BCUT2D eigenvalue weighted by Gasteiger charge is 2.58. The number of rotatable bonds is 6. The summed E-state index contributed by atoms with van der Waals surface area (Å²) >= 11 is 0. The van der Waals surface area contributed by atoms with E-state index >= 15 is 0 Å². The van der Waals surface area contributed by atoms with Gasteiger partial charge in [-0.05, 0) is 105 Å². The third kappa shape index (κ3) is 4.98. The van der Waals surface area contributed by atoms with Crippen LogP contribution in [0.5, 0.6) is 5.75 Å². The van der Waals surface area contributed by atoms with Crippen molar-refractivity contribution in [1.82, 2.24) is 4.90 Å². The summed E-state index contributed by atoms with van der Waals surface area (Å²) in [5, 5.41) is 31.1. The molecule has 2 aliphatic heterocycles. The molecule has 1 aromatic carbocycles. The molecule has 2 heterocycles. The molecule has 7 nitrogen and oxygen atoms in total. The van der Waals surface area contributed by atoms with Crippen molar-refractivity contribution in [2.45, 2.75) is 90.6 Å². The summed E-state index contributed by atoms with van der Waals surface area (Å²) in [5.74, 6) is -1.08. The Kier molecular flexibility index (Phi) is 7.85. The number of carbonyl (C=O) groups excluding carboxylic acids is 2. The van der Waals surface area contributed by atoms with Crippen molar-refractivity contribution in [2.24, 2.45) is 17.8 Å². The average Bonchev–Trinajstić information content (AvgIpc) is 3.15. The van der Waals surface area contributed by atoms with Gasteiger partial charge in [-0.25, -0.2) is 0 Å². The molecule has 4 atom stereocenters.